The van der Waals surface area contributed by atoms with Crippen LogP contribution >= 0.6 is 11.3 Å². The molecule has 2 N–H and O–H groups in total. The Morgan fingerprint density at radius 1 is 1.35 bits per heavy atom. The molecule has 2 aliphatic heterocycles. The first kappa shape index (κ1) is 12.3. The van der Waals surface area contributed by atoms with Gasteiger partial charge < -0.3 is 10.2 Å². The van der Waals surface area contributed by atoms with E-state index in [1.807, 2.05) is 12.3 Å². The molecule has 2 aromatic heterocycles. The van der Waals surface area contributed by atoms with E-state index in [0.717, 1.165) is 48.0 Å². The molecular formula is C13H18N6S. The van der Waals surface area contributed by atoms with Gasteiger partial charge in [0.2, 0.25) is 5.95 Å². The predicted molar refractivity (Wildman–Crippen MR) is 79.0 cm³/mol. The maximum Gasteiger partial charge on any atom is 0.245 e. The van der Waals surface area contributed by atoms with Crippen molar-refractivity contribution in [3.63, 3.8) is 0 Å². The Kier molecular flexibility index (Phi) is 2.96. The number of piperidine rings is 1. The van der Waals surface area contributed by atoms with Gasteiger partial charge in [-0.15, -0.1) is 16.4 Å². The monoisotopic (exact) mass is 290 g/mol. The van der Waals surface area contributed by atoms with E-state index in [0.29, 0.717) is 6.04 Å². The Bertz CT molecular complexity index is 606. The molecule has 2 unspecified atom stereocenters. The van der Waals surface area contributed by atoms with Crippen LogP contribution in [0.25, 0.3) is 11.5 Å². The summed E-state index contributed by atoms with van der Waals surface area (Å²) < 4.78 is 0. The van der Waals surface area contributed by atoms with Crippen LogP contribution in [-0.4, -0.2) is 45.8 Å². The summed E-state index contributed by atoms with van der Waals surface area (Å²) in [6.45, 7) is 5.23. The Labute approximate surface area is 121 Å². The van der Waals surface area contributed by atoms with Crippen molar-refractivity contribution in [2.75, 3.05) is 24.5 Å². The van der Waals surface area contributed by atoms with Crippen molar-refractivity contribution >= 4 is 17.3 Å². The van der Waals surface area contributed by atoms with Crippen LogP contribution in [0.2, 0.25) is 0 Å². The van der Waals surface area contributed by atoms with Crippen molar-refractivity contribution in [3.05, 3.63) is 10.4 Å². The number of hydrogen-bond donors (Lipinski definition) is 2. The number of rotatable bonds is 2. The number of nitrogens with zero attached hydrogens (tertiary/aromatic N) is 4. The van der Waals surface area contributed by atoms with Crippen LogP contribution in [0.5, 0.6) is 0 Å². The highest BCUT2D eigenvalue weighted by Crippen LogP contribution is 2.30. The van der Waals surface area contributed by atoms with Crippen LogP contribution in [0.4, 0.5) is 5.95 Å². The molecule has 2 aromatic rings. The van der Waals surface area contributed by atoms with Gasteiger partial charge in [-0.2, -0.15) is 4.98 Å². The Morgan fingerprint density at radius 2 is 2.30 bits per heavy atom. The average molecular weight is 290 g/mol. The van der Waals surface area contributed by atoms with E-state index in [1.165, 1.54) is 12.8 Å². The maximum absolute atomic E-state index is 4.65. The summed E-state index contributed by atoms with van der Waals surface area (Å²) in [4.78, 5) is 11.5. The van der Waals surface area contributed by atoms with Crippen LogP contribution in [0.15, 0.2) is 5.38 Å². The summed E-state index contributed by atoms with van der Waals surface area (Å²) in [6, 6.07) is 0.546. The van der Waals surface area contributed by atoms with E-state index in [-0.39, 0.29) is 0 Å². The Balaban J connectivity index is 1.61. The largest absolute Gasteiger partial charge is 0.335 e. The Morgan fingerprint density at radius 3 is 3.15 bits per heavy atom. The molecule has 0 radical (unpaired) electrons. The third-order valence-electron chi connectivity index (χ3n) is 4.27. The van der Waals surface area contributed by atoms with E-state index < -0.39 is 0 Å². The second-order valence-corrected chi connectivity index (χ2v) is 6.62. The number of fused-ring (bicyclic) bond motifs is 1. The van der Waals surface area contributed by atoms with Crippen LogP contribution < -0.4 is 10.2 Å². The molecule has 7 heteroatoms. The fraction of sp³-hybridized carbons (Fsp3) is 0.615. The molecule has 2 aliphatic rings. The molecule has 2 fully saturated rings. The zero-order chi connectivity index (χ0) is 13.5. The van der Waals surface area contributed by atoms with Crippen molar-refractivity contribution in [1.82, 2.24) is 25.5 Å². The minimum atomic E-state index is 0.546. The number of nitrogens with one attached hydrogen (secondary N) is 2. The maximum atomic E-state index is 4.65. The number of H-pyrrole nitrogens is 1. The lowest BCUT2D eigenvalue weighted by Crippen LogP contribution is -2.45. The molecule has 20 heavy (non-hydrogen) atoms. The second kappa shape index (κ2) is 4.82. The molecule has 6 nitrogen and oxygen atoms in total. The van der Waals surface area contributed by atoms with E-state index in [2.05, 4.69) is 30.4 Å². The van der Waals surface area contributed by atoms with Gasteiger partial charge in [0.1, 0.15) is 5.69 Å². The van der Waals surface area contributed by atoms with Gasteiger partial charge >= 0.3 is 0 Å². The van der Waals surface area contributed by atoms with Crippen LogP contribution in [0.3, 0.4) is 0 Å². The summed E-state index contributed by atoms with van der Waals surface area (Å²) in [6.07, 6.45) is 2.54. The SMILES string of the molecule is Cc1nc(-c2nc(N3CCCC4CNCC43)n[nH]2)cs1. The van der Waals surface area contributed by atoms with Gasteiger partial charge in [0.15, 0.2) is 5.82 Å². The molecular weight excluding hydrogens is 272 g/mol. The lowest BCUT2D eigenvalue weighted by atomic mass is 9.92. The molecule has 0 saturated carbocycles. The summed E-state index contributed by atoms with van der Waals surface area (Å²) in [7, 11) is 0. The second-order valence-electron chi connectivity index (χ2n) is 5.56. The summed E-state index contributed by atoms with van der Waals surface area (Å²) in [5.41, 5.74) is 0.893. The first-order valence-electron chi connectivity index (χ1n) is 7.13. The molecule has 0 aliphatic carbocycles. The smallest absolute Gasteiger partial charge is 0.245 e. The Hall–Kier alpha value is -1.47. The zero-order valence-electron chi connectivity index (χ0n) is 11.5. The summed E-state index contributed by atoms with van der Waals surface area (Å²) in [5, 5.41) is 14.0. The van der Waals surface area contributed by atoms with Crippen LogP contribution in [-0.2, 0) is 0 Å². The summed E-state index contributed by atoms with van der Waals surface area (Å²) >= 11 is 1.64. The van der Waals surface area contributed by atoms with Crippen LogP contribution in [0.1, 0.15) is 17.8 Å². The van der Waals surface area contributed by atoms with Crippen molar-refractivity contribution in [2.45, 2.75) is 25.8 Å². The van der Waals surface area contributed by atoms with E-state index in [4.69, 9.17) is 0 Å². The standard InChI is InChI=1S/C13H18N6S/c1-8-15-10(7-20-8)12-16-13(18-17-12)19-4-2-3-9-5-14-6-11(9)19/h7,9,11,14H,2-6H2,1H3,(H,16,17,18). The van der Waals surface area contributed by atoms with Crippen molar-refractivity contribution < 1.29 is 0 Å². The van der Waals surface area contributed by atoms with Gasteiger partial charge in [-0.25, -0.2) is 4.98 Å². The lowest BCUT2D eigenvalue weighted by molar-refractivity contribution is 0.381. The molecule has 2 atom stereocenters. The molecule has 0 bridgehead atoms. The highest BCUT2D eigenvalue weighted by Gasteiger charge is 2.36. The third kappa shape index (κ3) is 2.01. The number of aromatic amines is 1. The molecule has 0 amide bonds. The van der Waals surface area contributed by atoms with E-state index in [9.17, 15) is 0 Å². The zero-order valence-corrected chi connectivity index (χ0v) is 12.3. The number of anilines is 1. The number of aromatic nitrogens is 4. The first-order chi connectivity index (χ1) is 9.81. The highest BCUT2D eigenvalue weighted by molar-refractivity contribution is 7.09. The highest BCUT2D eigenvalue weighted by atomic mass is 32.1. The van der Waals surface area contributed by atoms with E-state index >= 15 is 0 Å². The van der Waals surface area contributed by atoms with Crippen molar-refractivity contribution in [1.29, 1.82) is 0 Å². The van der Waals surface area contributed by atoms with Gasteiger partial charge in [-0.05, 0) is 25.7 Å². The predicted octanol–water partition coefficient (Wildman–Crippen LogP) is 1.42. The normalized spacial score (nSPS) is 25.9. The quantitative estimate of drug-likeness (QED) is 0.875. The minimum Gasteiger partial charge on any atom is -0.335 e. The minimum absolute atomic E-state index is 0.546. The van der Waals surface area contributed by atoms with Crippen molar-refractivity contribution in [2.24, 2.45) is 5.92 Å². The number of thiazole rings is 1. The molecule has 0 spiro atoms. The number of aryl methyl sites for hydroxylation is 1. The summed E-state index contributed by atoms with van der Waals surface area (Å²) in [5.74, 6) is 2.34. The molecule has 4 rings (SSSR count). The third-order valence-corrected chi connectivity index (χ3v) is 5.04. The lowest BCUT2D eigenvalue weighted by Gasteiger charge is -2.36. The van der Waals surface area contributed by atoms with Gasteiger partial charge in [0.05, 0.1) is 5.01 Å². The van der Waals surface area contributed by atoms with Crippen molar-refractivity contribution in [3.8, 4) is 11.5 Å². The topological polar surface area (TPSA) is 69.7 Å². The molecule has 0 aromatic carbocycles. The van der Waals surface area contributed by atoms with E-state index in [1.54, 1.807) is 11.3 Å². The van der Waals surface area contributed by atoms with Gasteiger partial charge in [0.25, 0.3) is 0 Å². The fourth-order valence-electron chi connectivity index (χ4n) is 3.28. The molecule has 106 valence electrons. The molecule has 2 saturated heterocycles. The van der Waals surface area contributed by atoms with Gasteiger partial charge in [0, 0.05) is 31.1 Å². The first-order valence-corrected chi connectivity index (χ1v) is 8.01. The fourth-order valence-corrected chi connectivity index (χ4v) is 3.88. The average Bonchev–Trinajstić information content (AvgIpc) is 3.17. The van der Waals surface area contributed by atoms with Crippen LogP contribution in [0, 0.1) is 12.8 Å². The van der Waals surface area contributed by atoms with Gasteiger partial charge in [-0.1, -0.05) is 0 Å². The van der Waals surface area contributed by atoms with Gasteiger partial charge in [-0.3, -0.25) is 5.10 Å². The number of hydrogen-bond acceptors (Lipinski definition) is 6. The molecule has 4 heterocycles.